The number of carbonyl (C=O) groups is 1. The van der Waals surface area contributed by atoms with Crippen LogP contribution in [-0.4, -0.2) is 58.6 Å². The van der Waals surface area contributed by atoms with E-state index in [1.807, 2.05) is 58.1 Å². The zero-order valence-corrected chi connectivity index (χ0v) is 19.8. The van der Waals surface area contributed by atoms with Gasteiger partial charge < -0.3 is 24.1 Å². The highest BCUT2D eigenvalue weighted by molar-refractivity contribution is 5.95. The van der Waals surface area contributed by atoms with Crippen LogP contribution in [-0.2, 0) is 17.7 Å². The predicted molar refractivity (Wildman–Crippen MR) is 134 cm³/mol. The molecular weight excluding hydrogens is 442 g/mol. The van der Waals surface area contributed by atoms with Crippen molar-refractivity contribution in [2.45, 2.75) is 13.0 Å². The zero-order chi connectivity index (χ0) is 24.0. The van der Waals surface area contributed by atoms with E-state index in [0.29, 0.717) is 44.2 Å². The van der Waals surface area contributed by atoms with Crippen LogP contribution in [0.5, 0.6) is 5.75 Å². The molecule has 1 saturated heterocycles. The maximum Gasteiger partial charge on any atom is 0.254 e. The van der Waals surface area contributed by atoms with Crippen molar-refractivity contribution in [1.82, 2.24) is 19.3 Å². The van der Waals surface area contributed by atoms with Gasteiger partial charge in [-0.1, -0.05) is 12.1 Å². The Morgan fingerprint density at radius 2 is 2.14 bits per heavy atom. The van der Waals surface area contributed by atoms with Crippen molar-refractivity contribution in [1.29, 1.82) is 0 Å². The first-order valence-corrected chi connectivity index (χ1v) is 11.8. The third kappa shape index (κ3) is 5.44. The quantitative estimate of drug-likeness (QED) is 0.443. The van der Waals surface area contributed by atoms with Gasteiger partial charge in [-0.05, 0) is 47.9 Å². The van der Waals surface area contributed by atoms with Crippen LogP contribution in [0.15, 0.2) is 73.4 Å². The summed E-state index contributed by atoms with van der Waals surface area (Å²) in [5.74, 6) is 0.902. The Bertz CT molecular complexity index is 1290. The molecule has 1 amide bonds. The largest absolute Gasteiger partial charge is 0.495 e. The Kier molecular flexibility index (Phi) is 6.90. The van der Waals surface area contributed by atoms with Crippen LogP contribution in [0.2, 0.25) is 0 Å². The summed E-state index contributed by atoms with van der Waals surface area (Å²) in [6.45, 7) is 2.96. The molecular formula is C27H29N5O3. The monoisotopic (exact) mass is 471 g/mol. The summed E-state index contributed by atoms with van der Waals surface area (Å²) >= 11 is 0. The summed E-state index contributed by atoms with van der Waals surface area (Å²) in [5.41, 5.74) is 4.57. The first-order valence-electron chi connectivity index (χ1n) is 11.8. The van der Waals surface area contributed by atoms with Crippen LogP contribution in [0.4, 0.5) is 5.69 Å². The molecule has 8 heteroatoms. The molecule has 1 aromatic carbocycles. The van der Waals surface area contributed by atoms with Crippen LogP contribution in [0.3, 0.4) is 0 Å². The van der Waals surface area contributed by atoms with E-state index in [9.17, 15) is 4.79 Å². The zero-order valence-electron chi connectivity index (χ0n) is 19.8. The normalized spacial score (nSPS) is 16.1. The number of anilines is 1. The topological polar surface area (TPSA) is 81.0 Å². The molecule has 0 spiro atoms. The van der Waals surface area contributed by atoms with E-state index in [1.54, 1.807) is 19.5 Å². The minimum Gasteiger partial charge on any atom is -0.495 e. The number of ether oxygens (including phenoxy) is 2. The lowest BCUT2D eigenvalue weighted by molar-refractivity contribution is 0.0737. The molecule has 1 aliphatic heterocycles. The standard InChI is InChI=1S/C27H29N5O3/c1-34-25-6-5-23(14-24(25)30-16-21-3-2-8-28-15-21)27(33)32-11-12-35-19-22(18-32)13-20-4-7-26-29-9-10-31(26)17-20/h2-10,14-15,17,22,30H,11-13,16,18-19H2,1H3/t22-/m1/s1. The summed E-state index contributed by atoms with van der Waals surface area (Å²) in [6.07, 6.45) is 10.2. The maximum absolute atomic E-state index is 13.5. The smallest absolute Gasteiger partial charge is 0.254 e. The Morgan fingerprint density at radius 1 is 1.20 bits per heavy atom. The summed E-state index contributed by atoms with van der Waals surface area (Å²) in [5, 5.41) is 3.38. The van der Waals surface area contributed by atoms with Gasteiger partial charge in [-0.2, -0.15) is 0 Å². The third-order valence-electron chi connectivity index (χ3n) is 6.25. The summed E-state index contributed by atoms with van der Waals surface area (Å²) in [6, 6.07) is 13.6. The second kappa shape index (κ2) is 10.6. The molecule has 1 N–H and O–H groups in total. The van der Waals surface area contributed by atoms with Gasteiger partial charge in [0.25, 0.3) is 5.91 Å². The van der Waals surface area contributed by atoms with Gasteiger partial charge in [0.2, 0.25) is 0 Å². The highest BCUT2D eigenvalue weighted by Gasteiger charge is 2.24. The Hall–Kier alpha value is -3.91. The molecule has 0 unspecified atom stereocenters. The highest BCUT2D eigenvalue weighted by atomic mass is 16.5. The lowest BCUT2D eigenvalue weighted by Crippen LogP contribution is -2.36. The maximum atomic E-state index is 13.5. The average molecular weight is 472 g/mol. The minimum atomic E-state index is -0.00218. The molecule has 0 aliphatic carbocycles. The third-order valence-corrected chi connectivity index (χ3v) is 6.25. The van der Waals surface area contributed by atoms with Gasteiger partial charge in [-0.25, -0.2) is 4.98 Å². The minimum absolute atomic E-state index is 0.00218. The van der Waals surface area contributed by atoms with Crippen LogP contribution in [0.25, 0.3) is 5.65 Å². The first-order chi connectivity index (χ1) is 17.2. The van der Waals surface area contributed by atoms with Crippen molar-refractivity contribution in [2.24, 2.45) is 5.92 Å². The SMILES string of the molecule is COc1ccc(C(=O)N2CCOC[C@H](Cc3ccc4nccn4c3)C2)cc1NCc1cccnc1. The van der Waals surface area contributed by atoms with E-state index >= 15 is 0 Å². The lowest BCUT2D eigenvalue weighted by Gasteiger charge is -2.24. The van der Waals surface area contributed by atoms with Gasteiger partial charge in [0.05, 0.1) is 26.0 Å². The second-order valence-corrected chi connectivity index (χ2v) is 8.76. The van der Waals surface area contributed by atoms with Gasteiger partial charge >= 0.3 is 0 Å². The molecule has 1 fully saturated rings. The molecule has 1 aliphatic rings. The van der Waals surface area contributed by atoms with E-state index in [0.717, 1.165) is 23.3 Å². The molecule has 1 atom stereocenters. The van der Waals surface area contributed by atoms with Gasteiger partial charge in [0, 0.05) is 62.1 Å². The number of hydrogen-bond acceptors (Lipinski definition) is 6. The fourth-order valence-corrected chi connectivity index (χ4v) is 4.47. The van der Waals surface area contributed by atoms with Crippen molar-refractivity contribution in [3.8, 4) is 5.75 Å². The van der Waals surface area contributed by atoms with Crippen molar-refractivity contribution in [2.75, 3.05) is 38.7 Å². The van der Waals surface area contributed by atoms with Gasteiger partial charge in [0.15, 0.2) is 0 Å². The van der Waals surface area contributed by atoms with E-state index in [1.165, 1.54) is 5.56 Å². The van der Waals surface area contributed by atoms with E-state index in [2.05, 4.69) is 27.5 Å². The average Bonchev–Trinajstić information content (AvgIpc) is 3.24. The number of methoxy groups -OCH3 is 1. The molecule has 8 nitrogen and oxygen atoms in total. The number of fused-ring (bicyclic) bond motifs is 1. The number of imidazole rings is 1. The van der Waals surface area contributed by atoms with Crippen LogP contribution in [0, 0.1) is 5.92 Å². The number of aromatic nitrogens is 3. The van der Waals surface area contributed by atoms with Crippen LogP contribution >= 0.6 is 0 Å². The molecule has 35 heavy (non-hydrogen) atoms. The lowest BCUT2D eigenvalue weighted by atomic mass is 10.0. The number of amides is 1. The number of nitrogens with one attached hydrogen (secondary N) is 1. The summed E-state index contributed by atoms with van der Waals surface area (Å²) < 4.78 is 13.4. The number of hydrogen-bond donors (Lipinski definition) is 1. The van der Waals surface area contributed by atoms with E-state index in [4.69, 9.17) is 9.47 Å². The summed E-state index contributed by atoms with van der Waals surface area (Å²) in [4.78, 5) is 23.9. The van der Waals surface area contributed by atoms with Gasteiger partial charge in [-0.15, -0.1) is 0 Å². The Balaban J connectivity index is 1.29. The van der Waals surface area contributed by atoms with Crippen molar-refractivity contribution in [3.63, 3.8) is 0 Å². The fraction of sp³-hybridized carbons (Fsp3) is 0.296. The van der Waals surface area contributed by atoms with E-state index < -0.39 is 0 Å². The molecule has 4 aromatic rings. The predicted octanol–water partition coefficient (Wildman–Crippen LogP) is 3.68. The number of nitrogens with zero attached hydrogens (tertiary/aromatic N) is 4. The number of carbonyl (C=O) groups excluding carboxylic acids is 1. The highest BCUT2D eigenvalue weighted by Crippen LogP contribution is 2.27. The molecule has 4 heterocycles. The number of pyridine rings is 2. The number of rotatable bonds is 7. The second-order valence-electron chi connectivity index (χ2n) is 8.76. The molecule has 0 radical (unpaired) electrons. The van der Waals surface area contributed by atoms with Gasteiger partial charge in [0.1, 0.15) is 11.4 Å². The van der Waals surface area contributed by atoms with E-state index in [-0.39, 0.29) is 11.8 Å². The molecule has 0 bridgehead atoms. The van der Waals surface area contributed by atoms with Crippen LogP contribution < -0.4 is 10.1 Å². The van der Waals surface area contributed by atoms with Crippen molar-refractivity contribution < 1.29 is 14.3 Å². The van der Waals surface area contributed by atoms with Crippen molar-refractivity contribution >= 4 is 17.2 Å². The van der Waals surface area contributed by atoms with Crippen molar-refractivity contribution in [3.05, 3.63) is 90.1 Å². The Labute approximate surface area is 204 Å². The number of benzene rings is 1. The molecule has 180 valence electrons. The molecule has 3 aromatic heterocycles. The fourth-order valence-electron chi connectivity index (χ4n) is 4.47. The molecule has 5 rings (SSSR count). The first kappa shape index (κ1) is 22.9. The summed E-state index contributed by atoms with van der Waals surface area (Å²) in [7, 11) is 1.63. The molecule has 0 saturated carbocycles. The van der Waals surface area contributed by atoms with Gasteiger partial charge in [-0.3, -0.25) is 9.78 Å². The van der Waals surface area contributed by atoms with Crippen LogP contribution in [0.1, 0.15) is 21.5 Å². The Morgan fingerprint density at radius 3 is 3.00 bits per heavy atom.